The van der Waals surface area contributed by atoms with Crippen LogP contribution >= 0.6 is 23.1 Å². The number of carbonyl (C=O) groups is 1. The van der Waals surface area contributed by atoms with Gasteiger partial charge >= 0.3 is 0 Å². The van der Waals surface area contributed by atoms with Gasteiger partial charge in [0.05, 0.1) is 10.6 Å². The molecule has 0 aliphatic carbocycles. The first kappa shape index (κ1) is 21.4. The van der Waals surface area contributed by atoms with Crippen LogP contribution in [0.3, 0.4) is 0 Å². The summed E-state index contributed by atoms with van der Waals surface area (Å²) in [5, 5.41) is 11.7. The summed E-state index contributed by atoms with van der Waals surface area (Å²) in [6.07, 6.45) is 0.386. The van der Waals surface area contributed by atoms with Crippen LogP contribution in [-0.4, -0.2) is 36.8 Å². The van der Waals surface area contributed by atoms with Gasteiger partial charge in [-0.25, -0.2) is 13.1 Å². The highest BCUT2D eigenvalue weighted by atomic mass is 32.2. The lowest BCUT2D eigenvalue weighted by Crippen LogP contribution is -2.25. The van der Waals surface area contributed by atoms with Gasteiger partial charge in [-0.2, -0.15) is 0 Å². The van der Waals surface area contributed by atoms with Crippen LogP contribution in [0.5, 0.6) is 0 Å². The normalized spacial score (nSPS) is 11.3. The maximum absolute atomic E-state index is 12.3. The van der Waals surface area contributed by atoms with Crippen LogP contribution in [0.15, 0.2) is 64.4 Å². The molecule has 0 atom stereocenters. The summed E-state index contributed by atoms with van der Waals surface area (Å²) in [6.45, 7) is 2.10. The van der Waals surface area contributed by atoms with Crippen LogP contribution in [0.2, 0.25) is 0 Å². The van der Waals surface area contributed by atoms with Crippen molar-refractivity contribution in [2.24, 2.45) is 0 Å². The summed E-state index contributed by atoms with van der Waals surface area (Å²) in [4.78, 5) is 13.3. The Morgan fingerprint density at radius 3 is 2.52 bits per heavy atom. The third-order valence-corrected chi connectivity index (χ3v) is 7.18. The maximum atomic E-state index is 12.3. The van der Waals surface area contributed by atoms with E-state index in [1.807, 2.05) is 37.3 Å². The van der Waals surface area contributed by atoms with Gasteiger partial charge in [-0.05, 0) is 31.2 Å². The van der Waals surface area contributed by atoms with Crippen molar-refractivity contribution in [3.8, 4) is 0 Å². The smallest absolute Gasteiger partial charge is 0.240 e. The lowest BCUT2D eigenvalue weighted by Gasteiger charge is -2.05. The molecule has 0 saturated carbocycles. The third-order valence-electron chi connectivity index (χ3n) is 3.79. The average molecular weight is 449 g/mol. The highest BCUT2D eigenvalue weighted by Gasteiger charge is 2.14. The van der Waals surface area contributed by atoms with Gasteiger partial charge in [0, 0.05) is 17.9 Å². The molecule has 29 heavy (non-hydrogen) atoms. The van der Waals surface area contributed by atoms with E-state index in [0.29, 0.717) is 16.6 Å². The molecule has 10 heteroatoms. The fraction of sp³-hybridized carbons (Fsp3) is 0.211. The number of benzene rings is 2. The molecule has 1 heterocycles. The summed E-state index contributed by atoms with van der Waals surface area (Å²) in [6, 6.07) is 16.3. The molecule has 0 fully saturated rings. The van der Waals surface area contributed by atoms with Gasteiger partial charge in [-0.15, -0.1) is 22.0 Å². The molecule has 2 aromatic carbocycles. The number of nitrogens with one attached hydrogen (secondary N) is 2. The number of amides is 1. The second-order valence-corrected chi connectivity index (χ2v) is 9.99. The minimum absolute atomic E-state index is 0.165. The number of thioether (sulfide) groups is 1. The summed E-state index contributed by atoms with van der Waals surface area (Å²) < 4.78 is 27.1. The minimum atomic E-state index is -3.56. The number of hydrogen-bond donors (Lipinski definition) is 2. The largest absolute Gasteiger partial charge is 0.300 e. The molecule has 1 amide bonds. The van der Waals surface area contributed by atoms with E-state index in [4.69, 9.17) is 0 Å². The van der Waals surface area contributed by atoms with Gasteiger partial charge in [0.2, 0.25) is 21.1 Å². The number of carbonyl (C=O) groups excluding carboxylic acids is 1. The van der Waals surface area contributed by atoms with Crippen LogP contribution in [0.4, 0.5) is 5.13 Å². The Morgan fingerprint density at radius 2 is 1.79 bits per heavy atom. The molecule has 0 aliphatic heterocycles. The first-order chi connectivity index (χ1) is 13.9. The van der Waals surface area contributed by atoms with Gasteiger partial charge in [-0.3, -0.25) is 10.1 Å². The summed E-state index contributed by atoms with van der Waals surface area (Å²) in [7, 11) is -3.56. The molecule has 2 N–H and O–H groups in total. The highest BCUT2D eigenvalue weighted by molar-refractivity contribution is 8.00. The van der Waals surface area contributed by atoms with Crippen molar-refractivity contribution in [1.29, 1.82) is 0 Å². The second-order valence-electron chi connectivity index (χ2n) is 6.11. The van der Waals surface area contributed by atoms with E-state index in [1.165, 1.54) is 23.1 Å². The Kier molecular flexibility index (Phi) is 7.37. The number of rotatable bonds is 9. The summed E-state index contributed by atoms with van der Waals surface area (Å²) >= 11 is 2.67. The van der Waals surface area contributed by atoms with E-state index in [1.54, 1.807) is 24.3 Å². The number of anilines is 1. The van der Waals surface area contributed by atoms with Gasteiger partial charge in [0.25, 0.3) is 0 Å². The summed E-state index contributed by atoms with van der Waals surface area (Å²) in [5.41, 5.74) is 0.995. The monoisotopic (exact) mass is 448 g/mol. The molecule has 0 radical (unpaired) electrons. The Bertz CT molecular complexity index is 1050. The lowest BCUT2D eigenvalue weighted by atomic mass is 10.2. The van der Waals surface area contributed by atoms with Crippen molar-refractivity contribution in [2.75, 3.05) is 17.6 Å². The standard InChI is InChI=1S/C19H20N4O3S3/c1-14-7-9-16(10-8-14)29(25,26)20-12-11-18-22-23-19(28-18)21-17(24)13-27-15-5-3-2-4-6-15/h2-10,20H,11-13H2,1H3,(H,21,23,24). The predicted molar refractivity (Wildman–Crippen MR) is 116 cm³/mol. The lowest BCUT2D eigenvalue weighted by molar-refractivity contribution is -0.113. The second kappa shape index (κ2) is 9.97. The Balaban J connectivity index is 1.45. The van der Waals surface area contributed by atoms with Crippen LogP contribution in [0.1, 0.15) is 10.6 Å². The molecule has 0 bridgehead atoms. The molecule has 0 unspecified atom stereocenters. The fourth-order valence-corrected chi connectivity index (χ4v) is 4.83. The van der Waals surface area contributed by atoms with Gasteiger partial charge in [-0.1, -0.05) is 47.2 Å². The molecule has 3 aromatic rings. The summed E-state index contributed by atoms with van der Waals surface area (Å²) in [5.74, 6) is 0.108. The zero-order chi connectivity index (χ0) is 20.7. The average Bonchev–Trinajstić information content (AvgIpc) is 3.14. The predicted octanol–water partition coefficient (Wildman–Crippen LogP) is 3.10. The van der Waals surface area contributed by atoms with Gasteiger partial charge in [0.15, 0.2) is 0 Å². The van der Waals surface area contributed by atoms with Crippen LogP contribution in [0, 0.1) is 6.92 Å². The van der Waals surface area contributed by atoms with Crippen LogP contribution in [-0.2, 0) is 21.2 Å². The minimum Gasteiger partial charge on any atom is -0.300 e. The van der Waals surface area contributed by atoms with Crippen molar-refractivity contribution in [3.63, 3.8) is 0 Å². The quantitative estimate of drug-likeness (QED) is 0.488. The molecule has 7 nitrogen and oxygen atoms in total. The molecule has 0 aliphatic rings. The van der Waals surface area contributed by atoms with E-state index in [2.05, 4.69) is 20.2 Å². The van der Waals surface area contributed by atoms with E-state index in [9.17, 15) is 13.2 Å². The van der Waals surface area contributed by atoms with Crippen LogP contribution in [0.25, 0.3) is 0 Å². The molecular weight excluding hydrogens is 428 g/mol. The highest BCUT2D eigenvalue weighted by Crippen LogP contribution is 2.19. The first-order valence-corrected chi connectivity index (χ1v) is 12.1. The number of sulfonamides is 1. The first-order valence-electron chi connectivity index (χ1n) is 8.79. The van der Waals surface area contributed by atoms with E-state index in [0.717, 1.165) is 10.5 Å². The molecule has 3 rings (SSSR count). The van der Waals surface area contributed by atoms with Gasteiger partial charge < -0.3 is 0 Å². The maximum Gasteiger partial charge on any atom is 0.240 e. The fourth-order valence-electron chi connectivity index (χ4n) is 2.32. The molecule has 0 spiro atoms. The third kappa shape index (κ3) is 6.64. The SMILES string of the molecule is Cc1ccc(S(=O)(=O)NCCc2nnc(NC(=O)CSc3ccccc3)s2)cc1. The molecular formula is C19H20N4O3S3. The zero-order valence-corrected chi connectivity index (χ0v) is 18.1. The van der Waals surface area contributed by atoms with Crippen molar-refractivity contribution in [2.45, 2.75) is 23.1 Å². The van der Waals surface area contributed by atoms with Crippen molar-refractivity contribution in [1.82, 2.24) is 14.9 Å². The molecule has 0 saturated heterocycles. The topological polar surface area (TPSA) is 101 Å². The number of nitrogens with zero attached hydrogens (tertiary/aromatic N) is 2. The van der Waals surface area contributed by atoms with E-state index < -0.39 is 10.0 Å². The van der Waals surface area contributed by atoms with Gasteiger partial charge in [0.1, 0.15) is 5.01 Å². The molecule has 152 valence electrons. The Morgan fingerprint density at radius 1 is 1.07 bits per heavy atom. The zero-order valence-electron chi connectivity index (χ0n) is 15.7. The van der Waals surface area contributed by atoms with E-state index in [-0.39, 0.29) is 23.1 Å². The number of aryl methyl sites for hydroxylation is 1. The Hall–Kier alpha value is -2.27. The number of hydrogen-bond acceptors (Lipinski definition) is 7. The number of aromatic nitrogens is 2. The van der Waals surface area contributed by atoms with Crippen molar-refractivity contribution >= 4 is 44.2 Å². The van der Waals surface area contributed by atoms with E-state index >= 15 is 0 Å². The molecule has 1 aromatic heterocycles. The van der Waals surface area contributed by atoms with Crippen molar-refractivity contribution in [3.05, 3.63) is 65.2 Å². The Labute approximate surface area is 178 Å². The van der Waals surface area contributed by atoms with Crippen molar-refractivity contribution < 1.29 is 13.2 Å². The van der Waals surface area contributed by atoms with Crippen LogP contribution < -0.4 is 10.0 Å².